The van der Waals surface area contributed by atoms with Crippen LogP contribution < -0.4 is 5.32 Å². The quantitative estimate of drug-likeness (QED) is 0.508. The maximum absolute atomic E-state index is 13.5. The monoisotopic (exact) mass is 427 g/mol. The van der Waals surface area contributed by atoms with Gasteiger partial charge in [-0.3, -0.25) is 10.1 Å². The molecule has 0 saturated heterocycles. The highest BCUT2D eigenvalue weighted by atomic mass is 19.3. The number of hydrogen-bond acceptors (Lipinski definition) is 5. The third-order valence-corrected chi connectivity index (χ3v) is 4.95. The van der Waals surface area contributed by atoms with Crippen LogP contribution in [0.5, 0.6) is 0 Å². The summed E-state index contributed by atoms with van der Waals surface area (Å²) in [6.07, 6.45) is 0.503. The number of amides is 1. The van der Waals surface area contributed by atoms with Crippen LogP contribution in [0.4, 0.5) is 19.1 Å². The molecule has 1 N–H and O–H groups in total. The number of benzene rings is 1. The molecule has 11 heteroatoms. The van der Waals surface area contributed by atoms with Crippen molar-refractivity contribution in [3.63, 3.8) is 0 Å². The number of alkyl halides is 2. The molecule has 158 valence electrons. The van der Waals surface area contributed by atoms with Crippen LogP contribution >= 0.6 is 0 Å². The van der Waals surface area contributed by atoms with Crippen molar-refractivity contribution in [1.29, 1.82) is 0 Å². The summed E-state index contributed by atoms with van der Waals surface area (Å²) in [7, 11) is 0. The maximum atomic E-state index is 13.5. The van der Waals surface area contributed by atoms with Gasteiger partial charge in [0.25, 0.3) is 12.3 Å². The first-order valence-electron chi connectivity index (χ1n) is 9.60. The van der Waals surface area contributed by atoms with Gasteiger partial charge in [0.2, 0.25) is 5.95 Å². The van der Waals surface area contributed by atoms with E-state index in [0.717, 1.165) is 22.9 Å². The highest BCUT2D eigenvalue weighted by molar-refractivity contribution is 6.02. The second-order valence-electron chi connectivity index (χ2n) is 7.33. The first-order valence-corrected chi connectivity index (χ1v) is 9.60. The Morgan fingerprint density at radius 2 is 1.94 bits per heavy atom. The standard InChI is InChI=1S/C20H16F3N7O/c21-13-5-1-11(2-6-13)9-29-10-24-20(28-29)26-19(31)15-8-17-25-14(12-3-4-12)7-16(18(22)23)30(17)27-15/h1-2,5-8,10,12,18H,3-4,9H2,(H,26,28,31). The van der Waals surface area contributed by atoms with E-state index in [1.165, 1.54) is 35.3 Å². The molecular weight excluding hydrogens is 411 g/mol. The molecule has 1 fully saturated rings. The summed E-state index contributed by atoms with van der Waals surface area (Å²) in [6.45, 7) is 0.336. The van der Waals surface area contributed by atoms with E-state index in [9.17, 15) is 18.0 Å². The summed E-state index contributed by atoms with van der Waals surface area (Å²) >= 11 is 0. The third kappa shape index (κ3) is 3.98. The van der Waals surface area contributed by atoms with Crippen LogP contribution in [0.1, 0.15) is 52.6 Å². The summed E-state index contributed by atoms with van der Waals surface area (Å²) in [5.41, 5.74) is 1.22. The molecule has 0 bridgehead atoms. The first kappa shape index (κ1) is 19.2. The zero-order valence-electron chi connectivity index (χ0n) is 16.0. The second-order valence-corrected chi connectivity index (χ2v) is 7.33. The number of carbonyl (C=O) groups is 1. The smallest absolute Gasteiger partial charge is 0.280 e. The Hall–Kier alpha value is -3.76. The molecule has 0 aliphatic heterocycles. The Labute approximate surface area is 173 Å². The van der Waals surface area contributed by atoms with Crippen molar-refractivity contribution < 1.29 is 18.0 Å². The van der Waals surface area contributed by atoms with Crippen molar-refractivity contribution in [3.05, 3.63) is 71.2 Å². The summed E-state index contributed by atoms with van der Waals surface area (Å²) < 4.78 is 42.5. The lowest BCUT2D eigenvalue weighted by Crippen LogP contribution is -2.14. The van der Waals surface area contributed by atoms with Crippen LogP contribution in [0.3, 0.4) is 0 Å². The lowest BCUT2D eigenvalue weighted by molar-refractivity contribution is 0.102. The summed E-state index contributed by atoms with van der Waals surface area (Å²) in [4.78, 5) is 21.0. The first-order chi connectivity index (χ1) is 15.0. The van der Waals surface area contributed by atoms with Gasteiger partial charge in [0.1, 0.15) is 17.8 Å². The van der Waals surface area contributed by atoms with Gasteiger partial charge in [0, 0.05) is 17.7 Å². The molecule has 0 radical (unpaired) electrons. The number of anilines is 1. The number of halogens is 3. The Balaban J connectivity index is 1.35. The van der Waals surface area contributed by atoms with E-state index in [1.807, 2.05) is 0 Å². The fourth-order valence-electron chi connectivity index (χ4n) is 3.24. The van der Waals surface area contributed by atoms with Crippen molar-refractivity contribution in [3.8, 4) is 0 Å². The van der Waals surface area contributed by atoms with Gasteiger partial charge in [-0.15, -0.1) is 5.10 Å². The van der Waals surface area contributed by atoms with Crippen LogP contribution in [-0.2, 0) is 6.54 Å². The predicted molar refractivity (Wildman–Crippen MR) is 103 cm³/mol. The molecule has 8 nitrogen and oxygen atoms in total. The van der Waals surface area contributed by atoms with Crippen molar-refractivity contribution in [2.45, 2.75) is 31.7 Å². The predicted octanol–water partition coefficient (Wildman–Crippen LogP) is 3.58. The van der Waals surface area contributed by atoms with E-state index < -0.39 is 12.3 Å². The zero-order valence-corrected chi connectivity index (χ0v) is 16.0. The molecule has 1 aliphatic rings. The van der Waals surface area contributed by atoms with Gasteiger partial charge in [-0.2, -0.15) is 5.10 Å². The average Bonchev–Trinajstić information content (AvgIpc) is 3.36. The summed E-state index contributed by atoms with van der Waals surface area (Å²) in [5, 5.41) is 10.6. The van der Waals surface area contributed by atoms with Gasteiger partial charge in [0.15, 0.2) is 11.3 Å². The van der Waals surface area contributed by atoms with Gasteiger partial charge in [-0.25, -0.2) is 32.3 Å². The third-order valence-electron chi connectivity index (χ3n) is 4.95. The number of rotatable bonds is 6. The fraction of sp³-hybridized carbons (Fsp3) is 0.250. The van der Waals surface area contributed by atoms with E-state index in [4.69, 9.17) is 0 Å². The van der Waals surface area contributed by atoms with E-state index in [0.29, 0.717) is 12.2 Å². The van der Waals surface area contributed by atoms with Gasteiger partial charge in [-0.1, -0.05) is 12.1 Å². The zero-order chi connectivity index (χ0) is 21.5. The Bertz CT molecular complexity index is 1260. The minimum atomic E-state index is -2.75. The van der Waals surface area contributed by atoms with E-state index >= 15 is 0 Å². The molecule has 31 heavy (non-hydrogen) atoms. The molecule has 0 spiro atoms. The molecule has 4 aromatic rings. The number of aromatic nitrogens is 6. The van der Waals surface area contributed by atoms with Crippen molar-refractivity contribution in [2.75, 3.05) is 5.32 Å². The molecule has 0 unspecified atom stereocenters. The van der Waals surface area contributed by atoms with Gasteiger partial charge < -0.3 is 0 Å². The number of nitrogens with zero attached hydrogens (tertiary/aromatic N) is 6. The van der Waals surface area contributed by atoms with Gasteiger partial charge in [-0.05, 0) is 36.6 Å². The molecule has 5 rings (SSSR count). The number of carbonyl (C=O) groups excluding carboxylic acids is 1. The minimum Gasteiger partial charge on any atom is -0.288 e. The topological polar surface area (TPSA) is 90.0 Å². The SMILES string of the molecule is O=C(Nc1ncn(Cc2ccc(F)cc2)n1)c1cc2nc(C3CC3)cc(C(F)F)n2n1. The molecule has 1 aliphatic carbocycles. The van der Waals surface area contributed by atoms with E-state index in [2.05, 4.69) is 25.5 Å². The molecule has 1 amide bonds. The number of nitrogens with one attached hydrogen (secondary N) is 1. The van der Waals surface area contributed by atoms with Crippen molar-refractivity contribution in [1.82, 2.24) is 29.4 Å². The normalized spacial score (nSPS) is 13.8. The fourth-order valence-corrected chi connectivity index (χ4v) is 3.24. The summed E-state index contributed by atoms with van der Waals surface area (Å²) in [6, 6.07) is 8.64. The van der Waals surface area contributed by atoms with Gasteiger partial charge >= 0.3 is 0 Å². The van der Waals surface area contributed by atoms with E-state index in [-0.39, 0.29) is 34.7 Å². The van der Waals surface area contributed by atoms with Crippen LogP contribution in [0, 0.1) is 5.82 Å². The van der Waals surface area contributed by atoms with Crippen LogP contribution in [0.2, 0.25) is 0 Å². The second kappa shape index (κ2) is 7.49. The Morgan fingerprint density at radius 1 is 1.16 bits per heavy atom. The highest BCUT2D eigenvalue weighted by Crippen LogP contribution is 2.40. The number of fused-ring (bicyclic) bond motifs is 1. The minimum absolute atomic E-state index is 0.0323. The van der Waals surface area contributed by atoms with Crippen molar-refractivity contribution >= 4 is 17.5 Å². The molecule has 3 heterocycles. The highest BCUT2D eigenvalue weighted by Gasteiger charge is 2.28. The van der Waals surface area contributed by atoms with Crippen molar-refractivity contribution in [2.24, 2.45) is 0 Å². The molecule has 0 atom stereocenters. The maximum Gasteiger partial charge on any atom is 0.280 e. The Morgan fingerprint density at radius 3 is 2.65 bits per heavy atom. The lowest BCUT2D eigenvalue weighted by Gasteiger charge is -2.06. The van der Waals surface area contributed by atoms with Crippen LogP contribution in [0.15, 0.2) is 42.7 Å². The van der Waals surface area contributed by atoms with Crippen LogP contribution in [0.25, 0.3) is 5.65 Å². The van der Waals surface area contributed by atoms with E-state index in [1.54, 1.807) is 12.1 Å². The summed E-state index contributed by atoms with van der Waals surface area (Å²) in [5.74, 6) is -0.761. The number of hydrogen-bond donors (Lipinski definition) is 1. The average molecular weight is 427 g/mol. The molecule has 1 saturated carbocycles. The molecule has 3 aromatic heterocycles. The largest absolute Gasteiger partial charge is 0.288 e. The Kier molecular flexibility index (Phi) is 4.64. The molecule has 1 aromatic carbocycles. The van der Waals surface area contributed by atoms with Crippen LogP contribution in [-0.4, -0.2) is 35.3 Å². The lowest BCUT2D eigenvalue weighted by atomic mass is 10.2. The molecular formula is C20H16F3N7O. The van der Waals surface area contributed by atoms with Gasteiger partial charge in [0.05, 0.1) is 6.54 Å².